The van der Waals surface area contributed by atoms with Crippen molar-refractivity contribution in [3.05, 3.63) is 16.1 Å². The third kappa shape index (κ3) is 3.61. The number of carbonyl (C=O) groups excluding carboxylic acids is 1. The first-order valence-corrected chi connectivity index (χ1v) is 11.8. The van der Waals surface area contributed by atoms with Crippen molar-refractivity contribution < 1.29 is 13.2 Å². The molecule has 3 heterocycles. The van der Waals surface area contributed by atoms with Crippen molar-refractivity contribution in [3.63, 3.8) is 0 Å². The van der Waals surface area contributed by atoms with Gasteiger partial charge in [0.2, 0.25) is 5.91 Å². The standard InChI is InChI=1S/C17H27N3O3S2/c1-3-14-12-24-15(19-14)13-5-4-10-20(11-13)16(21)17(25(2,22)23)6-8-18-9-7-17/h12-13,18H,3-11H2,1-2H3. The van der Waals surface area contributed by atoms with Gasteiger partial charge in [-0.2, -0.15) is 0 Å². The van der Waals surface area contributed by atoms with Crippen molar-refractivity contribution in [2.75, 3.05) is 32.4 Å². The summed E-state index contributed by atoms with van der Waals surface area (Å²) < 4.78 is 23.7. The Hall–Kier alpha value is -0.990. The Bertz CT molecular complexity index is 723. The molecule has 1 atom stereocenters. The van der Waals surface area contributed by atoms with Gasteiger partial charge in [-0.25, -0.2) is 13.4 Å². The second-order valence-corrected chi connectivity index (χ2v) is 10.4. The Morgan fingerprint density at radius 1 is 1.44 bits per heavy atom. The molecule has 2 fully saturated rings. The van der Waals surface area contributed by atoms with Crippen molar-refractivity contribution in [2.24, 2.45) is 0 Å². The Morgan fingerprint density at radius 2 is 2.16 bits per heavy atom. The van der Waals surface area contributed by atoms with Gasteiger partial charge < -0.3 is 10.2 Å². The van der Waals surface area contributed by atoms with Crippen molar-refractivity contribution in [3.8, 4) is 0 Å². The van der Waals surface area contributed by atoms with Crippen LogP contribution in [-0.4, -0.2) is 61.4 Å². The molecule has 3 rings (SSSR count). The van der Waals surface area contributed by atoms with Crippen molar-refractivity contribution in [1.82, 2.24) is 15.2 Å². The van der Waals surface area contributed by atoms with E-state index in [-0.39, 0.29) is 11.8 Å². The highest BCUT2D eigenvalue weighted by atomic mass is 32.2. The first-order chi connectivity index (χ1) is 11.9. The summed E-state index contributed by atoms with van der Waals surface area (Å²) in [5, 5.41) is 6.33. The molecule has 0 aliphatic carbocycles. The molecule has 1 aromatic rings. The molecular weight excluding hydrogens is 358 g/mol. The van der Waals surface area contributed by atoms with E-state index in [9.17, 15) is 13.2 Å². The molecule has 8 heteroatoms. The smallest absolute Gasteiger partial charge is 0.244 e. The zero-order chi connectivity index (χ0) is 18.1. The van der Waals surface area contributed by atoms with E-state index in [1.54, 1.807) is 16.2 Å². The van der Waals surface area contributed by atoms with Crippen molar-refractivity contribution in [2.45, 2.75) is 49.7 Å². The number of carbonyl (C=O) groups is 1. The Kier molecular flexibility index (Phi) is 5.51. The van der Waals surface area contributed by atoms with Crippen LogP contribution < -0.4 is 5.32 Å². The average molecular weight is 386 g/mol. The van der Waals surface area contributed by atoms with Crippen LogP contribution in [0.4, 0.5) is 0 Å². The van der Waals surface area contributed by atoms with Gasteiger partial charge in [0.15, 0.2) is 14.6 Å². The fraction of sp³-hybridized carbons (Fsp3) is 0.765. The van der Waals surface area contributed by atoms with Crippen LogP contribution in [0, 0.1) is 0 Å². The maximum atomic E-state index is 13.3. The monoisotopic (exact) mass is 385 g/mol. The Labute approximate surface area is 153 Å². The van der Waals surface area contributed by atoms with Crippen LogP contribution in [-0.2, 0) is 21.1 Å². The summed E-state index contributed by atoms with van der Waals surface area (Å²) in [6.07, 6.45) is 4.76. The molecule has 1 amide bonds. The SMILES string of the molecule is CCc1csc(C2CCCN(C(=O)C3(S(C)(=O)=O)CCNCC3)C2)n1. The summed E-state index contributed by atoms with van der Waals surface area (Å²) >= 11 is 1.66. The van der Waals surface area contributed by atoms with E-state index in [2.05, 4.69) is 22.6 Å². The van der Waals surface area contributed by atoms with Gasteiger partial charge in [0.05, 0.1) is 10.7 Å². The van der Waals surface area contributed by atoms with E-state index < -0.39 is 14.6 Å². The third-order valence-corrected chi connectivity index (χ3v) is 8.56. The number of aryl methyl sites for hydroxylation is 1. The number of nitrogens with one attached hydrogen (secondary N) is 1. The number of thiazole rings is 1. The number of amides is 1. The van der Waals surface area contributed by atoms with Crippen LogP contribution in [0.25, 0.3) is 0 Å². The molecular formula is C17H27N3O3S2. The second-order valence-electron chi connectivity index (χ2n) is 7.14. The van der Waals surface area contributed by atoms with E-state index in [1.807, 2.05) is 0 Å². The molecule has 25 heavy (non-hydrogen) atoms. The molecule has 2 aliphatic rings. The summed E-state index contributed by atoms with van der Waals surface area (Å²) in [5.74, 6) is 0.0230. The zero-order valence-corrected chi connectivity index (χ0v) is 16.6. The molecule has 1 N–H and O–H groups in total. The van der Waals surface area contributed by atoms with Crippen LogP contribution in [0.1, 0.15) is 49.2 Å². The van der Waals surface area contributed by atoms with Crippen molar-refractivity contribution >= 4 is 27.1 Å². The van der Waals surface area contributed by atoms with Crippen LogP contribution in [0.5, 0.6) is 0 Å². The van der Waals surface area contributed by atoms with E-state index in [4.69, 9.17) is 0 Å². The minimum atomic E-state index is -3.46. The number of sulfone groups is 1. The van der Waals surface area contributed by atoms with Gasteiger partial charge in [0, 0.05) is 30.6 Å². The van der Waals surface area contributed by atoms with Gasteiger partial charge >= 0.3 is 0 Å². The lowest BCUT2D eigenvalue weighted by molar-refractivity contribution is -0.136. The minimum absolute atomic E-state index is 0.200. The first kappa shape index (κ1) is 18.8. The van der Waals surface area contributed by atoms with Gasteiger partial charge in [-0.1, -0.05) is 6.92 Å². The number of aromatic nitrogens is 1. The van der Waals surface area contributed by atoms with Crippen LogP contribution in [0.3, 0.4) is 0 Å². The average Bonchev–Trinajstić information content (AvgIpc) is 3.10. The summed E-state index contributed by atoms with van der Waals surface area (Å²) in [6, 6.07) is 0. The first-order valence-electron chi connectivity index (χ1n) is 9.01. The van der Waals surface area contributed by atoms with E-state index in [0.717, 1.165) is 30.0 Å². The van der Waals surface area contributed by atoms with Crippen LogP contribution in [0.15, 0.2) is 5.38 Å². The van der Waals surface area contributed by atoms with Gasteiger partial charge in [-0.15, -0.1) is 11.3 Å². The van der Waals surface area contributed by atoms with E-state index >= 15 is 0 Å². The minimum Gasteiger partial charge on any atom is -0.341 e. The number of nitrogens with zero attached hydrogens (tertiary/aromatic N) is 2. The van der Waals surface area contributed by atoms with Gasteiger partial charge in [-0.05, 0) is 45.2 Å². The summed E-state index contributed by atoms with van der Waals surface area (Å²) in [4.78, 5) is 19.7. The molecule has 6 nitrogen and oxygen atoms in total. The van der Waals surface area contributed by atoms with Crippen LogP contribution in [0.2, 0.25) is 0 Å². The highest BCUT2D eigenvalue weighted by molar-refractivity contribution is 7.92. The molecule has 0 spiro atoms. The van der Waals surface area contributed by atoms with Gasteiger partial charge in [0.25, 0.3) is 0 Å². The molecule has 2 saturated heterocycles. The zero-order valence-electron chi connectivity index (χ0n) is 15.0. The molecule has 0 radical (unpaired) electrons. The fourth-order valence-corrected chi connectivity index (χ4v) is 6.32. The quantitative estimate of drug-likeness (QED) is 0.851. The Morgan fingerprint density at radius 3 is 2.76 bits per heavy atom. The highest BCUT2D eigenvalue weighted by Gasteiger charge is 2.51. The Balaban J connectivity index is 1.81. The molecule has 0 aromatic carbocycles. The highest BCUT2D eigenvalue weighted by Crippen LogP contribution is 2.34. The molecule has 0 saturated carbocycles. The third-order valence-electron chi connectivity index (χ3n) is 5.50. The topological polar surface area (TPSA) is 79.4 Å². The van der Waals surface area contributed by atoms with Gasteiger partial charge in [0.1, 0.15) is 0 Å². The number of piperidine rings is 2. The lowest BCUT2D eigenvalue weighted by Gasteiger charge is -2.41. The normalized spacial score (nSPS) is 24.2. The largest absolute Gasteiger partial charge is 0.341 e. The van der Waals surface area contributed by atoms with Crippen molar-refractivity contribution in [1.29, 1.82) is 0 Å². The predicted octanol–water partition coefficient (Wildman–Crippen LogP) is 1.58. The maximum Gasteiger partial charge on any atom is 0.244 e. The molecule has 2 aliphatic heterocycles. The molecule has 140 valence electrons. The number of rotatable bonds is 4. The summed E-state index contributed by atoms with van der Waals surface area (Å²) in [6.45, 7) is 4.46. The summed E-state index contributed by atoms with van der Waals surface area (Å²) in [5.41, 5.74) is 1.09. The lowest BCUT2D eigenvalue weighted by Crippen LogP contribution is -2.59. The second kappa shape index (κ2) is 7.32. The van der Waals surface area contributed by atoms with E-state index in [1.165, 1.54) is 6.26 Å². The maximum absolute atomic E-state index is 13.3. The fourth-order valence-electron chi connectivity index (χ4n) is 3.90. The summed E-state index contributed by atoms with van der Waals surface area (Å²) in [7, 11) is -3.46. The molecule has 0 bridgehead atoms. The number of hydrogen-bond donors (Lipinski definition) is 1. The number of hydrogen-bond acceptors (Lipinski definition) is 6. The van der Waals surface area contributed by atoms with E-state index in [0.29, 0.717) is 39.0 Å². The lowest BCUT2D eigenvalue weighted by atomic mass is 9.92. The van der Waals surface area contributed by atoms with Gasteiger partial charge in [-0.3, -0.25) is 4.79 Å². The molecule has 1 unspecified atom stereocenters. The predicted molar refractivity (Wildman–Crippen MR) is 99.7 cm³/mol. The van der Waals surface area contributed by atoms with Crippen LogP contribution >= 0.6 is 11.3 Å². The number of likely N-dealkylation sites (tertiary alicyclic amines) is 1. The molecule has 1 aromatic heterocycles.